The zero-order chi connectivity index (χ0) is 36.4. The Morgan fingerprint density at radius 2 is 1.00 bits per heavy atom. The van der Waals surface area contributed by atoms with E-state index in [9.17, 15) is 0 Å². The molecule has 0 atom stereocenters. The minimum absolute atomic E-state index is 0.241. The summed E-state index contributed by atoms with van der Waals surface area (Å²) in [5.74, 6) is 0. The Labute approximate surface area is 319 Å². The van der Waals surface area contributed by atoms with E-state index in [4.69, 9.17) is 0 Å². The average Bonchev–Trinajstić information content (AvgIpc) is 3.84. The number of para-hydroxylation sites is 3. The summed E-state index contributed by atoms with van der Waals surface area (Å²) >= 11 is 0. The van der Waals surface area contributed by atoms with Crippen molar-refractivity contribution in [3.05, 3.63) is 193 Å². The molecule has 0 fully saturated rings. The van der Waals surface area contributed by atoms with Gasteiger partial charge < -0.3 is 9.13 Å². The minimum Gasteiger partial charge on any atom is -0.309 e. The van der Waals surface area contributed by atoms with Crippen LogP contribution in [0.1, 0.15) is 25.0 Å². The van der Waals surface area contributed by atoms with E-state index in [0.29, 0.717) is 0 Å². The van der Waals surface area contributed by atoms with E-state index in [-0.39, 0.29) is 5.41 Å². The normalized spacial score (nSPS) is 13.4. The Bertz CT molecular complexity index is 3380. The maximum Gasteiger partial charge on any atom is 0.0619 e. The van der Waals surface area contributed by atoms with Gasteiger partial charge in [-0.25, -0.2) is 0 Å². The molecule has 11 aromatic rings. The monoisotopic (exact) mass is 700 g/mol. The van der Waals surface area contributed by atoms with Gasteiger partial charge in [-0.05, 0) is 98.1 Å². The van der Waals surface area contributed by atoms with Crippen molar-refractivity contribution in [3.63, 3.8) is 0 Å². The largest absolute Gasteiger partial charge is 0.309 e. The fourth-order valence-electron chi connectivity index (χ4n) is 10.1. The molecule has 55 heavy (non-hydrogen) atoms. The number of hydrogen-bond donors (Lipinski definition) is 0. The Hall–Kier alpha value is -6.90. The van der Waals surface area contributed by atoms with E-state index in [1.165, 1.54) is 110 Å². The van der Waals surface area contributed by atoms with Gasteiger partial charge in [-0.15, -0.1) is 0 Å². The molecule has 1 aliphatic carbocycles. The molecule has 0 radical (unpaired) electrons. The lowest BCUT2D eigenvalue weighted by molar-refractivity contribution is 0.664. The molecule has 2 aromatic heterocycles. The SMILES string of the molecule is CC1(C)c2ccc3ccccc3c2-c2cc(-c3ccc4c(c3)c3ccccc3n4-c3ccccc3)c3c4ccc5ccccc5c4n(-c4ccccc4)c3c21. The van der Waals surface area contributed by atoms with Gasteiger partial charge in [0.2, 0.25) is 0 Å². The number of rotatable bonds is 3. The van der Waals surface area contributed by atoms with Gasteiger partial charge in [0, 0.05) is 43.7 Å². The van der Waals surface area contributed by atoms with Crippen LogP contribution in [0.15, 0.2) is 182 Å². The van der Waals surface area contributed by atoms with Gasteiger partial charge in [0.15, 0.2) is 0 Å². The fourth-order valence-corrected chi connectivity index (χ4v) is 10.1. The molecule has 258 valence electrons. The highest BCUT2D eigenvalue weighted by molar-refractivity contribution is 6.25. The molecule has 0 bridgehead atoms. The standard InChI is InChI=1S/C53H36N2/c1-53(2)45-29-26-33-15-9-11-21-38(33)48(45)44-32-42(35-27-30-47-43(31-35)40-23-13-14-24-46(40)54(47)36-17-5-3-6-18-36)49-41-28-25-34-16-10-12-22-39(34)51(41)55(52(49)50(44)53)37-19-7-4-8-20-37/h3-32H,1-2H3. The first-order chi connectivity index (χ1) is 27.1. The van der Waals surface area contributed by atoms with Crippen molar-refractivity contribution in [2.45, 2.75) is 19.3 Å². The molecule has 0 amide bonds. The van der Waals surface area contributed by atoms with Gasteiger partial charge in [-0.1, -0.05) is 147 Å². The molecule has 0 spiro atoms. The first kappa shape index (κ1) is 30.6. The van der Waals surface area contributed by atoms with Gasteiger partial charge in [-0.2, -0.15) is 0 Å². The second-order valence-electron chi connectivity index (χ2n) is 15.7. The number of aromatic nitrogens is 2. The maximum atomic E-state index is 2.59. The summed E-state index contributed by atoms with van der Waals surface area (Å²) in [5, 5.41) is 10.2. The first-order valence-electron chi connectivity index (χ1n) is 19.3. The summed E-state index contributed by atoms with van der Waals surface area (Å²) in [6.45, 7) is 4.86. The minimum atomic E-state index is -0.241. The predicted octanol–water partition coefficient (Wildman–Crippen LogP) is 14.2. The van der Waals surface area contributed by atoms with Crippen LogP contribution in [0, 0.1) is 0 Å². The number of nitrogens with zero attached hydrogens (tertiary/aromatic N) is 2. The maximum absolute atomic E-state index is 2.59. The second kappa shape index (κ2) is 11.1. The summed E-state index contributed by atoms with van der Waals surface area (Å²) in [4.78, 5) is 0. The molecular weight excluding hydrogens is 665 g/mol. The van der Waals surface area contributed by atoms with Crippen LogP contribution in [0.2, 0.25) is 0 Å². The van der Waals surface area contributed by atoms with E-state index in [1.807, 2.05) is 0 Å². The molecule has 1 aliphatic rings. The summed E-state index contributed by atoms with van der Waals surface area (Å²) in [6.07, 6.45) is 0. The van der Waals surface area contributed by atoms with E-state index in [0.717, 1.165) is 0 Å². The topological polar surface area (TPSA) is 9.86 Å². The van der Waals surface area contributed by atoms with Crippen molar-refractivity contribution in [2.75, 3.05) is 0 Å². The highest BCUT2D eigenvalue weighted by Crippen LogP contribution is 2.57. The molecule has 0 saturated heterocycles. The first-order valence-corrected chi connectivity index (χ1v) is 19.3. The number of hydrogen-bond acceptors (Lipinski definition) is 0. The highest BCUT2D eigenvalue weighted by Gasteiger charge is 2.40. The van der Waals surface area contributed by atoms with Crippen molar-refractivity contribution < 1.29 is 0 Å². The van der Waals surface area contributed by atoms with Crippen LogP contribution in [0.3, 0.4) is 0 Å². The summed E-state index contributed by atoms with van der Waals surface area (Å²) in [5.41, 5.74) is 15.0. The van der Waals surface area contributed by atoms with Gasteiger partial charge >= 0.3 is 0 Å². The molecular formula is C53H36N2. The highest BCUT2D eigenvalue weighted by atomic mass is 15.0. The van der Waals surface area contributed by atoms with Crippen LogP contribution in [0.5, 0.6) is 0 Å². The Balaban J connectivity index is 1.29. The lowest BCUT2D eigenvalue weighted by Gasteiger charge is -2.24. The Morgan fingerprint density at radius 1 is 0.400 bits per heavy atom. The molecule has 2 heterocycles. The molecule has 2 heteroatoms. The third kappa shape index (κ3) is 4.09. The number of benzene rings is 9. The quantitative estimate of drug-likeness (QED) is 0.174. The van der Waals surface area contributed by atoms with Crippen molar-refractivity contribution >= 4 is 65.2 Å². The lowest BCUT2D eigenvalue weighted by Crippen LogP contribution is -2.16. The van der Waals surface area contributed by atoms with Crippen molar-refractivity contribution in [1.82, 2.24) is 9.13 Å². The molecule has 2 nitrogen and oxygen atoms in total. The van der Waals surface area contributed by atoms with Crippen molar-refractivity contribution in [1.29, 1.82) is 0 Å². The van der Waals surface area contributed by atoms with E-state index in [1.54, 1.807) is 0 Å². The van der Waals surface area contributed by atoms with Crippen LogP contribution in [0.25, 0.3) is 98.8 Å². The van der Waals surface area contributed by atoms with Crippen molar-refractivity contribution in [2.24, 2.45) is 0 Å². The average molecular weight is 701 g/mol. The second-order valence-corrected chi connectivity index (χ2v) is 15.7. The smallest absolute Gasteiger partial charge is 0.0619 e. The van der Waals surface area contributed by atoms with E-state index in [2.05, 4.69) is 205 Å². The van der Waals surface area contributed by atoms with Gasteiger partial charge in [-0.3, -0.25) is 0 Å². The Morgan fingerprint density at radius 3 is 1.76 bits per heavy atom. The molecule has 0 unspecified atom stereocenters. The molecule has 9 aromatic carbocycles. The summed E-state index contributed by atoms with van der Waals surface area (Å²) in [7, 11) is 0. The van der Waals surface area contributed by atoms with Gasteiger partial charge in [0.1, 0.15) is 0 Å². The fraction of sp³-hybridized carbons (Fsp3) is 0.0566. The van der Waals surface area contributed by atoms with E-state index < -0.39 is 0 Å². The lowest BCUT2D eigenvalue weighted by atomic mass is 9.80. The molecule has 12 rings (SSSR count). The van der Waals surface area contributed by atoms with Crippen LogP contribution < -0.4 is 0 Å². The third-order valence-corrected chi connectivity index (χ3v) is 12.4. The molecule has 0 saturated carbocycles. The predicted molar refractivity (Wildman–Crippen MR) is 233 cm³/mol. The third-order valence-electron chi connectivity index (χ3n) is 12.4. The van der Waals surface area contributed by atoms with Gasteiger partial charge in [0.05, 0.1) is 22.1 Å². The van der Waals surface area contributed by atoms with E-state index >= 15 is 0 Å². The van der Waals surface area contributed by atoms with Crippen LogP contribution >= 0.6 is 0 Å². The summed E-state index contributed by atoms with van der Waals surface area (Å²) < 4.78 is 5.00. The van der Waals surface area contributed by atoms with Crippen molar-refractivity contribution in [3.8, 4) is 33.6 Å². The Kier molecular flexibility index (Phi) is 6.15. The number of fused-ring (bicyclic) bond motifs is 14. The molecule has 0 aliphatic heterocycles. The summed E-state index contributed by atoms with van der Waals surface area (Å²) in [6, 6.07) is 67.5. The van der Waals surface area contributed by atoms with Gasteiger partial charge in [0.25, 0.3) is 0 Å². The zero-order valence-electron chi connectivity index (χ0n) is 30.7. The van der Waals surface area contributed by atoms with Crippen LogP contribution in [-0.4, -0.2) is 9.13 Å². The zero-order valence-corrected chi connectivity index (χ0v) is 30.7. The van der Waals surface area contributed by atoms with Crippen LogP contribution in [-0.2, 0) is 5.41 Å². The van der Waals surface area contributed by atoms with Crippen LogP contribution in [0.4, 0.5) is 0 Å². The molecule has 0 N–H and O–H groups in total.